The number of rotatable bonds is 4. The highest BCUT2D eigenvalue weighted by Gasteiger charge is 2.18. The van der Waals surface area contributed by atoms with E-state index in [1.807, 2.05) is 56.3 Å². The highest BCUT2D eigenvalue weighted by molar-refractivity contribution is 9.10. The lowest BCUT2D eigenvalue weighted by Crippen LogP contribution is -2.28. The fourth-order valence-electron chi connectivity index (χ4n) is 2.36. The summed E-state index contributed by atoms with van der Waals surface area (Å²) in [5.41, 5.74) is 2.48. The minimum atomic E-state index is -0.336. The zero-order valence-electron chi connectivity index (χ0n) is 13.3. The van der Waals surface area contributed by atoms with Crippen LogP contribution in [-0.2, 0) is 0 Å². The Labute approximate surface area is 148 Å². The van der Waals surface area contributed by atoms with Gasteiger partial charge in [-0.15, -0.1) is 5.10 Å². The molecule has 6 nitrogen and oxygen atoms in total. The second-order valence-electron chi connectivity index (χ2n) is 5.49. The van der Waals surface area contributed by atoms with E-state index in [9.17, 15) is 4.79 Å². The molecule has 1 N–H and O–H groups in total. The van der Waals surface area contributed by atoms with Crippen LogP contribution in [0.3, 0.4) is 0 Å². The summed E-state index contributed by atoms with van der Waals surface area (Å²) in [6.45, 7) is 3.81. The lowest BCUT2D eigenvalue weighted by Gasteiger charge is -2.14. The third-order valence-electron chi connectivity index (χ3n) is 3.58. The standard InChI is InChI=1S/C17H16BrN5O/c1-11-4-3-5-13(10-11)17(24)19-12(2)16-20-21-22-23(16)15-8-6-14(18)7-9-15/h3-10,12H,1-2H3,(H,19,24). The Hall–Kier alpha value is -2.54. The zero-order valence-corrected chi connectivity index (χ0v) is 14.9. The van der Waals surface area contributed by atoms with E-state index in [0.29, 0.717) is 11.4 Å². The van der Waals surface area contributed by atoms with Gasteiger partial charge in [-0.25, -0.2) is 0 Å². The van der Waals surface area contributed by atoms with Crippen molar-refractivity contribution < 1.29 is 4.79 Å². The Morgan fingerprint density at radius 2 is 1.96 bits per heavy atom. The summed E-state index contributed by atoms with van der Waals surface area (Å²) in [5, 5.41) is 14.7. The third kappa shape index (κ3) is 3.51. The molecule has 1 heterocycles. The van der Waals surface area contributed by atoms with Gasteiger partial charge < -0.3 is 5.32 Å². The number of amides is 1. The van der Waals surface area contributed by atoms with Crippen molar-refractivity contribution in [1.29, 1.82) is 0 Å². The van der Waals surface area contributed by atoms with Crippen LogP contribution in [0.1, 0.15) is 34.7 Å². The van der Waals surface area contributed by atoms with Crippen LogP contribution in [0.5, 0.6) is 0 Å². The van der Waals surface area contributed by atoms with E-state index in [2.05, 4.69) is 36.8 Å². The molecule has 0 spiro atoms. The molecule has 0 saturated heterocycles. The van der Waals surface area contributed by atoms with E-state index in [0.717, 1.165) is 15.7 Å². The molecule has 0 aliphatic heterocycles. The molecule has 1 aromatic heterocycles. The van der Waals surface area contributed by atoms with Crippen molar-refractivity contribution >= 4 is 21.8 Å². The van der Waals surface area contributed by atoms with E-state index in [1.54, 1.807) is 10.7 Å². The first kappa shape index (κ1) is 16.3. The minimum absolute atomic E-state index is 0.156. The molecule has 24 heavy (non-hydrogen) atoms. The number of benzene rings is 2. The van der Waals surface area contributed by atoms with Crippen molar-refractivity contribution in [1.82, 2.24) is 25.5 Å². The lowest BCUT2D eigenvalue weighted by molar-refractivity contribution is 0.0938. The number of nitrogens with zero attached hydrogens (tertiary/aromatic N) is 4. The maximum absolute atomic E-state index is 12.4. The van der Waals surface area contributed by atoms with E-state index < -0.39 is 0 Å². The summed E-state index contributed by atoms with van der Waals surface area (Å²) in [4.78, 5) is 12.4. The number of hydrogen-bond acceptors (Lipinski definition) is 4. The van der Waals surface area contributed by atoms with Crippen LogP contribution in [0.15, 0.2) is 53.0 Å². The first-order valence-electron chi connectivity index (χ1n) is 7.46. The summed E-state index contributed by atoms with van der Waals surface area (Å²) < 4.78 is 2.59. The Bertz CT molecular complexity index is 859. The van der Waals surface area contributed by atoms with Crippen LogP contribution in [0.2, 0.25) is 0 Å². The van der Waals surface area contributed by atoms with Gasteiger partial charge in [0, 0.05) is 10.0 Å². The largest absolute Gasteiger partial charge is 0.342 e. The number of tetrazole rings is 1. The predicted octanol–water partition coefficient (Wildman–Crippen LogP) is 3.22. The third-order valence-corrected chi connectivity index (χ3v) is 4.11. The molecule has 0 saturated carbocycles. The number of halogens is 1. The van der Waals surface area contributed by atoms with Gasteiger partial charge in [-0.1, -0.05) is 33.6 Å². The summed E-state index contributed by atoms with van der Waals surface area (Å²) >= 11 is 3.40. The number of nitrogens with one attached hydrogen (secondary N) is 1. The van der Waals surface area contributed by atoms with E-state index >= 15 is 0 Å². The van der Waals surface area contributed by atoms with E-state index in [4.69, 9.17) is 0 Å². The van der Waals surface area contributed by atoms with Gasteiger partial charge >= 0.3 is 0 Å². The highest BCUT2D eigenvalue weighted by Crippen LogP contribution is 2.17. The molecule has 0 aliphatic carbocycles. The van der Waals surface area contributed by atoms with Crippen molar-refractivity contribution in [2.24, 2.45) is 0 Å². The zero-order chi connectivity index (χ0) is 17.1. The van der Waals surface area contributed by atoms with Crippen LogP contribution in [0.25, 0.3) is 5.69 Å². The smallest absolute Gasteiger partial charge is 0.251 e. The lowest BCUT2D eigenvalue weighted by atomic mass is 10.1. The van der Waals surface area contributed by atoms with Crippen molar-refractivity contribution in [3.8, 4) is 5.69 Å². The van der Waals surface area contributed by atoms with Gasteiger partial charge in [0.05, 0.1) is 11.7 Å². The molecule has 0 bridgehead atoms. The molecule has 2 aromatic carbocycles. The second kappa shape index (κ2) is 6.92. The molecule has 0 aliphatic rings. The van der Waals surface area contributed by atoms with Crippen LogP contribution in [0.4, 0.5) is 0 Å². The molecule has 3 rings (SSSR count). The van der Waals surface area contributed by atoms with Gasteiger partial charge in [0.15, 0.2) is 5.82 Å². The van der Waals surface area contributed by atoms with Crippen LogP contribution >= 0.6 is 15.9 Å². The van der Waals surface area contributed by atoms with E-state index in [-0.39, 0.29) is 11.9 Å². The number of aromatic nitrogens is 4. The quantitative estimate of drug-likeness (QED) is 0.747. The highest BCUT2D eigenvalue weighted by atomic mass is 79.9. The van der Waals surface area contributed by atoms with Gasteiger partial charge in [0.2, 0.25) is 0 Å². The topological polar surface area (TPSA) is 72.7 Å². The normalized spacial score (nSPS) is 12.0. The van der Waals surface area contributed by atoms with Crippen molar-refractivity contribution in [3.05, 3.63) is 70.0 Å². The maximum Gasteiger partial charge on any atom is 0.251 e. The average molecular weight is 386 g/mol. The van der Waals surface area contributed by atoms with E-state index in [1.165, 1.54) is 0 Å². The molecule has 7 heteroatoms. The van der Waals surface area contributed by atoms with Gasteiger partial charge in [0.25, 0.3) is 5.91 Å². The Morgan fingerprint density at radius 3 is 2.67 bits per heavy atom. The minimum Gasteiger partial charge on any atom is -0.342 e. The van der Waals surface area contributed by atoms with Crippen LogP contribution in [-0.4, -0.2) is 26.1 Å². The molecule has 1 unspecified atom stereocenters. The Balaban J connectivity index is 1.81. The summed E-state index contributed by atoms with van der Waals surface area (Å²) in [5.74, 6) is 0.412. The SMILES string of the molecule is Cc1cccc(C(=O)NC(C)c2nnnn2-c2ccc(Br)cc2)c1. The van der Waals surface area contributed by atoms with Gasteiger partial charge in [-0.2, -0.15) is 4.68 Å². The fourth-order valence-corrected chi connectivity index (χ4v) is 2.63. The molecule has 0 fully saturated rings. The first-order valence-corrected chi connectivity index (χ1v) is 8.25. The predicted molar refractivity (Wildman–Crippen MR) is 93.9 cm³/mol. The molecule has 1 atom stereocenters. The van der Waals surface area contributed by atoms with Gasteiger partial charge in [0.1, 0.15) is 0 Å². The van der Waals surface area contributed by atoms with Crippen molar-refractivity contribution in [3.63, 3.8) is 0 Å². The number of aryl methyl sites for hydroxylation is 1. The summed E-state index contributed by atoms with van der Waals surface area (Å²) in [7, 11) is 0. The summed E-state index contributed by atoms with van der Waals surface area (Å²) in [6.07, 6.45) is 0. The van der Waals surface area contributed by atoms with Gasteiger partial charge in [-0.05, 0) is 60.7 Å². The summed E-state index contributed by atoms with van der Waals surface area (Å²) in [6, 6.07) is 14.7. The molecular weight excluding hydrogens is 370 g/mol. The Morgan fingerprint density at radius 1 is 1.21 bits per heavy atom. The first-order chi connectivity index (χ1) is 11.5. The molecular formula is C17H16BrN5O. The molecule has 1 amide bonds. The number of carbonyl (C=O) groups is 1. The fraction of sp³-hybridized carbons (Fsp3) is 0.176. The maximum atomic E-state index is 12.4. The Kier molecular flexibility index (Phi) is 4.71. The number of carbonyl (C=O) groups excluding carboxylic acids is 1. The molecule has 0 radical (unpaired) electrons. The van der Waals surface area contributed by atoms with Crippen molar-refractivity contribution in [2.45, 2.75) is 19.9 Å². The monoisotopic (exact) mass is 385 g/mol. The molecule has 3 aromatic rings. The second-order valence-corrected chi connectivity index (χ2v) is 6.41. The molecule has 122 valence electrons. The van der Waals surface area contributed by atoms with Crippen LogP contribution in [0, 0.1) is 6.92 Å². The van der Waals surface area contributed by atoms with Gasteiger partial charge in [-0.3, -0.25) is 4.79 Å². The van der Waals surface area contributed by atoms with Crippen LogP contribution < -0.4 is 5.32 Å². The average Bonchev–Trinajstić information content (AvgIpc) is 3.05. The van der Waals surface area contributed by atoms with Crippen molar-refractivity contribution in [2.75, 3.05) is 0 Å². The number of hydrogen-bond donors (Lipinski definition) is 1.